The summed E-state index contributed by atoms with van der Waals surface area (Å²) in [6.07, 6.45) is 3.12. The van der Waals surface area contributed by atoms with E-state index >= 15 is 0 Å². The van der Waals surface area contributed by atoms with Crippen LogP contribution in [0.1, 0.15) is 17.4 Å². The Labute approximate surface area is 131 Å². The highest BCUT2D eigenvalue weighted by molar-refractivity contribution is 6.31. The molecule has 3 rings (SSSR count). The molecule has 1 N–H and O–H groups in total. The number of aryl methyl sites for hydroxylation is 1. The molecule has 6 nitrogen and oxygen atoms in total. The second-order valence-electron chi connectivity index (χ2n) is 4.56. The van der Waals surface area contributed by atoms with Crippen LogP contribution < -0.4 is 5.32 Å². The number of amides is 1. The lowest BCUT2D eigenvalue weighted by atomic mass is 10.2. The minimum Gasteiger partial charge on any atom is -0.356 e. The topological polar surface area (TPSA) is 73.0 Å². The molecular weight excluding hydrogens is 304 g/mol. The molecule has 2 aromatic heterocycles. The molecule has 0 aliphatic carbocycles. The summed E-state index contributed by atoms with van der Waals surface area (Å²) < 4.78 is 6.74. The molecule has 0 atom stereocenters. The van der Waals surface area contributed by atoms with Crippen molar-refractivity contribution >= 4 is 23.2 Å². The number of nitrogens with zero attached hydrogens (tertiary/aromatic N) is 3. The first-order valence-corrected chi connectivity index (χ1v) is 7.10. The van der Waals surface area contributed by atoms with Crippen molar-refractivity contribution < 1.29 is 9.32 Å². The lowest BCUT2D eigenvalue weighted by Crippen LogP contribution is -2.18. The van der Waals surface area contributed by atoms with E-state index in [0.29, 0.717) is 34.3 Å². The maximum absolute atomic E-state index is 12.6. The van der Waals surface area contributed by atoms with Gasteiger partial charge in [-0.2, -0.15) is 5.10 Å². The molecule has 112 valence electrons. The first-order chi connectivity index (χ1) is 10.7. The maximum Gasteiger partial charge on any atom is 0.274 e. The third-order valence-corrected chi connectivity index (χ3v) is 3.37. The quantitative estimate of drug-likeness (QED) is 0.800. The predicted octanol–water partition coefficient (Wildman–Crippen LogP) is 3.46. The van der Waals surface area contributed by atoms with E-state index in [9.17, 15) is 4.79 Å². The molecule has 0 bridgehead atoms. The highest BCUT2D eigenvalue weighted by Gasteiger charge is 2.21. The summed E-state index contributed by atoms with van der Waals surface area (Å²) in [5.74, 6) is 0.212. The number of benzene rings is 1. The van der Waals surface area contributed by atoms with Gasteiger partial charge >= 0.3 is 0 Å². The molecule has 1 aromatic carbocycles. The zero-order chi connectivity index (χ0) is 15.5. The molecule has 0 saturated carbocycles. The van der Waals surface area contributed by atoms with E-state index in [0.717, 1.165) is 0 Å². The molecular formula is C15H13ClN4O2. The van der Waals surface area contributed by atoms with Gasteiger partial charge in [0, 0.05) is 23.3 Å². The van der Waals surface area contributed by atoms with Crippen molar-refractivity contribution in [3.05, 3.63) is 53.4 Å². The number of hydrogen-bond acceptors (Lipinski definition) is 4. The average molecular weight is 317 g/mol. The van der Waals surface area contributed by atoms with Gasteiger partial charge in [0.1, 0.15) is 5.69 Å². The average Bonchev–Trinajstić information content (AvgIpc) is 3.16. The van der Waals surface area contributed by atoms with Gasteiger partial charge < -0.3 is 9.84 Å². The molecule has 1 amide bonds. The van der Waals surface area contributed by atoms with Crippen LogP contribution in [-0.4, -0.2) is 20.8 Å². The summed E-state index contributed by atoms with van der Waals surface area (Å²) in [7, 11) is 0. The van der Waals surface area contributed by atoms with Crippen molar-refractivity contribution in [1.82, 2.24) is 14.9 Å². The van der Waals surface area contributed by atoms with Crippen molar-refractivity contribution in [2.45, 2.75) is 13.5 Å². The lowest BCUT2D eigenvalue weighted by Gasteiger charge is -2.08. The lowest BCUT2D eigenvalue weighted by molar-refractivity contribution is 0.101. The first kappa shape index (κ1) is 14.3. The number of carbonyl (C=O) groups is 1. The molecule has 0 fully saturated rings. The highest BCUT2D eigenvalue weighted by Crippen LogP contribution is 2.24. The van der Waals surface area contributed by atoms with Gasteiger partial charge in [0.15, 0.2) is 5.76 Å². The van der Waals surface area contributed by atoms with E-state index in [1.165, 1.54) is 6.20 Å². The van der Waals surface area contributed by atoms with E-state index in [1.807, 2.05) is 6.92 Å². The monoisotopic (exact) mass is 316 g/mol. The van der Waals surface area contributed by atoms with Gasteiger partial charge in [0.25, 0.3) is 5.91 Å². The zero-order valence-electron chi connectivity index (χ0n) is 11.8. The van der Waals surface area contributed by atoms with Crippen molar-refractivity contribution in [2.24, 2.45) is 0 Å². The number of hydrogen-bond donors (Lipinski definition) is 1. The molecule has 7 heteroatoms. The Hall–Kier alpha value is -2.60. The van der Waals surface area contributed by atoms with Gasteiger partial charge in [-0.1, -0.05) is 22.8 Å². The fourth-order valence-corrected chi connectivity index (χ4v) is 2.35. The van der Waals surface area contributed by atoms with E-state index in [-0.39, 0.29) is 5.91 Å². The Morgan fingerprint density at radius 3 is 2.95 bits per heavy atom. The van der Waals surface area contributed by atoms with E-state index in [4.69, 9.17) is 16.1 Å². The van der Waals surface area contributed by atoms with Crippen LogP contribution in [0.5, 0.6) is 0 Å². The van der Waals surface area contributed by atoms with Crippen LogP contribution in [0, 0.1) is 0 Å². The standard InChI is InChI=1S/C15H13ClN4O2/c1-2-20-14(12(9-17-20)13-6-7-18-22-13)15(21)19-11-5-3-4-10(16)8-11/h3-9H,2H2,1H3,(H,19,21). The highest BCUT2D eigenvalue weighted by atomic mass is 35.5. The number of aromatic nitrogens is 3. The van der Waals surface area contributed by atoms with Gasteiger partial charge in [0.05, 0.1) is 18.0 Å². The van der Waals surface area contributed by atoms with Crippen LogP contribution in [-0.2, 0) is 6.54 Å². The minimum atomic E-state index is -0.284. The molecule has 0 aliphatic heterocycles. The number of nitrogens with one attached hydrogen (secondary N) is 1. The Balaban J connectivity index is 1.96. The molecule has 0 spiro atoms. The molecule has 3 aromatic rings. The van der Waals surface area contributed by atoms with Crippen molar-refractivity contribution in [2.75, 3.05) is 5.32 Å². The van der Waals surface area contributed by atoms with Crippen molar-refractivity contribution in [3.63, 3.8) is 0 Å². The second-order valence-corrected chi connectivity index (χ2v) is 5.00. The van der Waals surface area contributed by atoms with Crippen LogP contribution in [0.4, 0.5) is 5.69 Å². The molecule has 0 saturated heterocycles. The molecule has 0 aliphatic rings. The molecule has 0 radical (unpaired) electrons. The van der Waals surface area contributed by atoms with Crippen LogP contribution >= 0.6 is 11.6 Å². The van der Waals surface area contributed by atoms with Crippen LogP contribution in [0.15, 0.2) is 47.2 Å². The van der Waals surface area contributed by atoms with E-state index < -0.39 is 0 Å². The Kier molecular flexibility index (Phi) is 3.93. The summed E-state index contributed by atoms with van der Waals surface area (Å²) in [6.45, 7) is 2.47. The first-order valence-electron chi connectivity index (χ1n) is 6.73. The van der Waals surface area contributed by atoms with Crippen LogP contribution in [0.2, 0.25) is 5.02 Å². The summed E-state index contributed by atoms with van der Waals surface area (Å²) in [6, 6.07) is 8.65. The van der Waals surface area contributed by atoms with Gasteiger partial charge in [-0.15, -0.1) is 0 Å². The normalized spacial score (nSPS) is 10.6. The third-order valence-electron chi connectivity index (χ3n) is 3.14. The van der Waals surface area contributed by atoms with Gasteiger partial charge in [-0.25, -0.2) is 0 Å². The molecule has 22 heavy (non-hydrogen) atoms. The fraction of sp³-hybridized carbons (Fsp3) is 0.133. The van der Waals surface area contributed by atoms with Crippen LogP contribution in [0.3, 0.4) is 0 Å². The van der Waals surface area contributed by atoms with Crippen molar-refractivity contribution in [3.8, 4) is 11.3 Å². The van der Waals surface area contributed by atoms with Crippen molar-refractivity contribution in [1.29, 1.82) is 0 Å². The largest absolute Gasteiger partial charge is 0.356 e. The number of carbonyl (C=O) groups excluding carboxylic acids is 1. The molecule has 0 unspecified atom stereocenters. The Morgan fingerprint density at radius 2 is 2.27 bits per heavy atom. The van der Waals surface area contributed by atoms with Gasteiger partial charge in [0.2, 0.25) is 0 Å². The second kappa shape index (κ2) is 6.03. The Morgan fingerprint density at radius 1 is 1.41 bits per heavy atom. The summed E-state index contributed by atoms with van der Waals surface area (Å²) in [5, 5.41) is 11.3. The maximum atomic E-state index is 12.6. The predicted molar refractivity (Wildman–Crippen MR) is 82.8 cm³/mol. The van der Waals surface area contributed by atoms with Crippen LogP contribution in [0.25, 0.3) is 11.3 Å². The summed E-state index contributed by atoms with van der Waals surface area (Å²) in [5.41, 5.74) is 1.63. The smallest absolute Gasteiger partial charge is 0.274 e. The van der Waals surface area contributed by atoms with E-state index in [2.05, 4.69) is 15.6 Å². The summed E-state index contributed by atoms with van der Waals surface area (Å²) in [4.78, 5) is 12.6. The number of rotatable bonds is 4. The van der Waals surface area contributed by atoms with Gasteiger partial charge in [-0.3, -0.25) is 9.48 Å². The fourth-order valence-electron chi connectivity index (χ4n) is 2.16. The zero-order valence-corrected chi connectivity index (χ0v) is 12.5. The summed E-state index contributed by atoms with van der Waals surface area (Å²) >= 11 is 5.93. The third kappa shape index (κ3) is 2.73. The number of anilines is 1. The number of halogens is 1. The molecule has 2 heterocycles. The Bertz CT molecular complexity index is 796. The SMILES string of the molecule is CCn1ncc(-c2ccno2)c1C(=O)Nc1cccc(Cl)c1. The van der Waals surface area contributed by atoms with E-state index in [1.54, 1.807) is 41.2 Å². The van der Waals surface area contributed by atoms with Gasteiger partial charge in [-0.05, 0) is 25.1 Å². The minimum absolute atomic E-state index is 0.284.